The Hall–Kier alpha value is -0.560. The molecule has 13 heavy (non-hydrogen) atoms. The average molecular weight is 241 g/mol. The number of halogens is 1. The van der Waals surface area contributed by atoms with Crippen LogP contribution in [0.1, 0.15) is 19.8 Å². The molecule has 0 amide bonds. The third-order valence-corrected chi connectivity index (χ3v) is 1.91. The van der Waals surface area contributed by atoms with E-state index in [-0.39, 0.29) is 0 Å². The second-order valence-electron chi connectivity index (χ2n) is 2.63. The Morgan fingerprint density at radius 3 is 2.77 bits per heavy atom. The number of allylic oxidation sites excluding steroid dienone is 7. The molecule has 0 nitrogen and oxygen atoms in total. The van der Waals surface area contributed by atoms with Gasteiger partial charge in [-0.2, -0.15) is 0 Å². The summed E-state index contributed by atoms with van der Waals surface area (Å²) in [6.07, 6.45) is 14.4. The van der Waals surface area contributed by atoms with E-state index in [1.165, 1.54) is 5.57 Å². The Bertz CT molecular complexity index is 209. The van der Waals surface area contributed by atoms with Gasteiger partial charge in [0, 0.05) is 5.33 Å². The van der Waals surface area contributed by atoms with Gasteiger partial charge in [-0.1, -0.05) is 52.4 Å². The van der Waals surface area contributed by atoms with Crippen molar-refractivity contribution in [2.45, 2.75) is 19.8 Å². The van der Waals surface area contributed by atoms with Crippen molar-refractivity contribution in [3.8, 4) is 0 Å². The minimum Gasteiger partial charge on any atom is -0.103 e. The molecule has 0 radical (unpaired) electrons. The minimum absolute atomic E-state index is 0.938. The third-order valence-electron chi connectivity index (χ3n) is 1.51. The van der Waals surface area contributed by atoms with Crippen LogP contribution in [-0.2, 0) is 0 Å². The van der Waals surface area contributed by atoms with E-state index in [1.54, 1.807) is 0 Å². The smallest absolute Gasteiger partial charge is 0.00718 e. The minimum atomic E-state index is 0.938. The van der Waals surface area contributed by atoms with Crippen molar-refractivity contribution in [1.82, 2.24) is 0 Å². The van der Waals surface area contributed by atoms with Crippen molar-refractivity contribution in [3.63, 3.8) is 0 Å². The Kier molecular flexibility index (Phi) is 9.12. The first-order valence-electron chi connectivity index (χ1n) is 4.50. The van der Waals surface area contributed by atoms with Crippen molar-refractivity contribution < 1.29 is 0 Å². The van der Waals surface area contributed by atoms with E-state index in [1.807, 2.05) is 13.0 Å². The van der Waals surface area contributed by atoms with Crippen molar-refractivity contribution in [3.05, 3.63) is 48.6 Å². The molecule has 0 aliphatic carbocycles. The van der Waals surface area contributed by atoms with E-state index in [9.17, 15) is 0 Å². The number of hydrogen-bond donors (Lipinski definition) is 0. The van der Waals surface area contributed by atoms with Gasteiger partial charge < -0.3 is 0 Å². The van der Waals surface area contributed by atoms with Crippen LogP contribution in [0.25, 0.3) is 0 Å². The standard InChI is InChI=1S/C12H17Br/c1-3-5-6-7-9-12(8-4-2)10-11-13/h3-4,6-9H,1,5,10-11H2,2H3/b7-6+,8-4-,12-9+. The Labute approximate surface area is 89.9 Å². The van der Waals surface area contributed by atoms with Crippen LogP contribution < -0.4 is 0 Å². The molecule has 0 bridgehead atoms. The third kappa shape index (κ3) is 7.79. The summed E-state index contributed by atoms with van der Waals surface area (Å²) in [5, 5.41) is 1.01. The van der Waals surface area contributed by atoms with Crippen LogP contribution in [0.3, 0.4) is 0 Å². The van der Waals surface area contributed by atoms with E-state index in [4.69, 9.17) is 0 Å². The molecule has 0 saturated heterocycles. The summed E-state index contributed by atoms with van der Waals surface area (Å²) >= 11 is 3.43. The molecule has 0 atom stereocenters. The normalized spacial score (nSPS) is 12.9. The maximum atomic E-state index is 3.66. The lowest BCUT2D eigenvalue weighted by molar-refractivity contribution is 1.18. The van der Waals surface area contributed by atoms with E-state index < -0.39 is 0 Å². The molecule has 0 saturated carbocycles. The lowest BCUT2D eigenvalue weighted by Crippen LogP contribution is -1.78. The van der Waals surface area contributed by atoms with Gasteiger partial charge in [0.1, 0.15) is 0 Å². The summed E-state index contributed by atoms with van der Waals surface area (Å²) in [7, 11) is 0. The second kappa shape index (κ2) is 9.53. The maximum absolute atomic E-state index is 3.66. The summed E-state index contributed by atoms with van der Waals surface area (Å²) in [6, 6.07) is 0. The van der Waals surface area contributed by atoms with E-state index in [0.717, 1.165) is 18.2 Å². The molecule has 0 spiro atoms. The zero-order valence-corrected chi connectivity index (χ0v) is 9.76. The predicted octanol–water partition coefficient (Wildman–Crippen LogP) is 4.41. The molecule has 0 aliphatic heterocycles. The molecule has 0 aliphatic rings. The lowest BCUT2D eigenvalue weighted by atomic mass is 10.1. The first-order chi connectivity index (χ1) is 6.35. The van der Waals surface area contributed by atoms with Crippen molar-refractivity contribution in [1.29, 1.82) is 0 Å². The van der Waals surface area contributed by atoms with E-state index in [2.05, 4.69) is 52.9 Å². The van der Waals surface area contributed by atoms with Gasteiger partial charge in [-0.3, -0.25) is 0 Å². The molecule has 0 aromatic carbocycles. The largest absolute Gasteiger partial charge is 0.103 e. The monoisotopic (exact) mass is 240 g/mol. The van der Waals surface area contributed by atoms with Crippen LogP contribution in [0, 0.1) is 0 Å². The highest BCUT2D eigenvalue weighted by Crippen LogP contribution is 2.06. The Balaban J connectivity index is 4.09. The van der Waals surface area contributed by atoms with Crippen molar-refractivity contribution in [2.75, 3.05) is 5.33 Å². The fourth-order valence-corrected chi connectivity index (χ4v) is 1.37. The van der Waals surface area contributed by atoms with Gasteiger partial charge in [0.05, 0.1) is 0 Å². The summed E-state index contributed by atoms with van der Waals surface area (Å²) < 4.78 is 0. The van der Waals surface area contributed by atoms with Gasteiger partial charge in [-0.15, -0.1) is 6.58 Å². The zero-order valence-electron chi connectivity index (χ0n) is 8.17. The van der Waals surface area contributed by atoms with Crippen LogP contribution >= 0.6 is 15.9 Å². The highest BCUT2D eigenvalue weighted by atomic mass is 79.9. The molecule has 0 unspecified atom stereocenters. The van der Waals surface area contributed by atoms with Gasteiger partial charge in [0.25, 0.3) is 0 Å². The van der Waals surface area contributed by atoms with E-state index in [0.29, 0.717) is 0 Å². The highest BCUT2D eigenvalue weighted by Gasteiger charge is 1.87. The Morgan fingerprint density at radius 2 is 2.23 bits per heavy atom. The summed E-state index contributed by atoms with van der Waals surface area (Å²) in [4.78, 5) is 0. The molecular formula is C12H17Br. The molecule has 0 N–H and O–H groups in total. The molecule has 0 aromatic heterocycles. The van der Waals surface area contributed by atoms with Gasteiger partial charge >= 0.3 is 0 Å². The molecule has 0 rings (SSSR count). The lowest BCUT2D eigenvalue weighted by Gasteiger charge is -1.95. The van der Waals surface area contributed by atoms with Gasteiger partial charge in [-0.25, -0.2) is 0 Å². The van der Waals surface area contributed by atoms with Crippen LogP contribution in [0.4, 0.5) is 0 Å². The number of rotatable bonds is 6. The SMILES string of the molecule is C=CC/C=C/C=C(\C=C/C)CCBr. The second-order valence-corrected chi connectivity index (χ2v) is 3.43. The van der Waals surface area contributed by atoms with E-state index >= 15 is 0 Å². The summed E-state index contributed by atoms with van der Waals surface area (Å²) in [6.45, 7) is 5.69. The summed E-state index contributed by atoms with van der Waals surface area (Å²) in [5.74, 6) is 0. The fourth-order valence-electron chi connectivity index (χ4n) is 0.912. The summed E-state index contributed by atoms with van der Waals surface area (Å²) in [5.41, 5.74) is 1.35. The van der Waals surface area contributed by atoms with Crippen molar-refractivity contribution >= 4 is 15.9 Å². The van der Waals surface area contributed by atoms with Gasteiger partial charge in [0.2, 0.25) is 0 Å². The quantitative estimate of drug-likeness (QED) is 0.367. The van der Waals surface area contributed by atoms with Crippen molar-refractivity contribution in [2.24, 2.45) is 0 Å². The molecular weight excluding hydrogens is 224 g/mol. The molecule has 72 valence electrons. The highest BCUT2D eigenvalue weighted by molar-refractivity contribution is 9.09. The predicted molar refractivity (Wildman–Crippen MR) is 65.3 cm³/mol. The van der Waals surface area contributed by atoms with Crippen LogP contribution in [0.15, 0.2) is 48.6 Å². The topological polar surface area (TPSA) is 0 Å². The first kappa shape index (κ1) is 12.4. The average Bonchev–Trinajstić information content (AvgIpc) is 2.13. The first-order valence-corrected chi connectivity index (χ1v) is 5.62. The molecule has 0 fully saturated rings. The zero-order chi connectivity index (χ0) is 9.94. The molecule has 0 heterocycles. The maximum Gasteiger partial charge on any atom is 0.00718 e. The number of hydrogen-bond acceptors (Lipinski definition) is 0. The van der Waals surface area contributed by atoms with Crippen LogP contribution in [0.5, 0.6) is 0 Å². The Morgan fingerprint density at radius 1 is 1.46 bits per heavy atom. The van der Waals surface area contributed by atoms with Gasteiger partial charge in [-0.05, 0) is 25.3 Å². The van der Waals surface area contributed by atoms with Gasteiger partial charge in [0.15, 0.2) is 0 Å². The fraction of sp³-hybridized carbons (Fsp3) is 0.333. The number of alkyl halides is 1. The molecule has 1 heteroatoms. The van der Waals surface area contributed by atoms with Crippen LogP contribution in [-0.4, -0.2) is 5.33 Å². The van der Waals surface area contributed by atoms with Crippen LogP contribution in [0.2, 0.25) is 0 Å². The molecule has 0 aromatic rings.